The van der Waals surface area contributed by atoms with Crippen molar-refractivity contribution in [2.24, 2.45) is 11.8 Å². The molecule has 0 saturated carbocycles. The largest absolute Gasteiger partial charge is 0.339 e. The molecule has 2 fully saturated rings. The molecule has 0 aromatic heterocycles. The zero-order valence-corrected chi connectivity index (χ0v) is 17.4. The van der Waals surface area contributed by atoms with Crippen molar-refractivity contribution in [1.82, 2.24) is 9.80 Å². The van der Waals surface area contributed by atoms with Crippen LogP contribution in [0.4, 0.5) is 8.78 Å². The van der Waals surface area contributed by atoms with Gasteiger partial charge in [-0.15, -0.1) is 0 Å². The van der Waals surface area contributed by atoms with Gasteiger partial charge in [-0.2, -0.15) is 0 Å². The molecule has 0 aliphatic carbocycles. The molecule has 0 unspecified atom stereocenters. The predicted octanol–water partition coefficient (Wildman–Crippen LogP) is 4.77. The Labute approximate surface area is 177 Å². The number of amides is 1. The third kappa shape index (κ3) is 5.45. The summed E-state index contributed by atoms with van der Waals surface area (Å²) in [6.45, 7) is 4.71. The maximum atomic E-state index is 13.4. The number of hydrogen-bond donors (Lipinski definition) is 0. The lowest BCUT2D eigenvalue weighted by Crippen LogP contribution is -2.43. The van der Waals surface area contributed by atoms with Crippen LogP contribution in [0.1, 0.15) is 41.6 Å². The summed E-state index contributed by atoms with van der Waals surface area (Å²) in [7, 11) is 0. The molecule has 1 amide bonds. The normalized spacial score (nSPS) is 19.2. The van der Waals surface area contributed by atoms with E-state index in [1.807, 2.05) is 0 Å². The number of carbonyl (C=O) groups is 1. The number of carbonyl (C=O) groups excluding carboxylic acids is 1. The van der Waals surface area contributed by atoms with Crippen molar-refractivity contribution in [3.05, 3.63) is 71.3 Å². The van der Waals surface area contributed by atoms with Crippen molar-refractivity contribution < 1.29 is 13.6 Å². The maximum Gasteiger partial charge on any atom is 0.254 e. The molecule has 2 aromatic carbocycles. The van der Waals surface area contributed by atoms with Gasteiger partial charge in [0, 0.05) is 31.3 Å². The van der Waals surface area contributed by atoms with E-state index in [1.54, 1.807) is 4.90 Å². The van der Waals surface area contributed by atoms with Crippen LogP contribution in [0, 0.1) is 23.5 Å². The zero-order valence-electron chi connectivity index (χ0n) is 17.4. The number of nitrogens with zero attached hydrogens (tertiary/aromatic N) is 2. The summed E-state index contributed by atoms with van der Waals surface area (Å²) in [5.74, 6) is -0.319. The van der Waals surface area contributed by atoms with Crippen molar-refractivity contribution in [3.8, 4) is 0 Å². The second-order valence-electron chi connectivity index (χ2n) is 8.83. The lowest BCUT2D eigenvalue weighted by molar-refractivity contribution is 0.0651. The molecule has 0 radical (unpaired) electrons. The van der Waals surface area contributed by atoms with Crippen molar-refractivity contribution >= 4 is 5.91 Å². The topological polar surface area (TPSA) is 23.6 Å². The van der Waals surface area contributed by atoms with Gasteiger partial charge < -0.3 is 9.80 Å². The quantitative estimate of drug-likeness (QED) is 0.706. The molecule has 30 heavy (non-hydrogen) atoms. The maximum absolute atomic E-state index is 13.4. The smallest absolute Gasteiger partial charge is 0.254 e. The van der Waals surface area contributed by atoms with Crippen LogP contribution in [0.5, 0.6) is 0 Å². The van der Waals surface area contributed by atoms with Crippen LogP contribution in [0.25, 0.3) is 0 Å². The fraction of sp³-hybridized carbons (Fsp3) is 0.480. The number of benzene rings is 2. The van der Waals surface area contributed by atoms with Gasteiger partial charge in [0.05, 0.1) is 0 Å². The Kier molecular flexibility index (Phi) is 6.78. The molecule has 2 aliphatic rings. The molecule has 0 atom stereocenters. The summed E-state index contributed by atoms with van der Waals surface area (Å²) >= 11 is 0. The first-order chi connectivity index (χ1) is 14.6. The van der Waals surface area contributed by atoms with Gasteiger partial charge in [0.25, 0.3) is 5.91 Å². The highest BCUT2D eigenvalue weighted by atomic mass is 19.1. The third-order valence-corrected chi connectivity index (χ3v) is 6.60. The van der Waals surface area contributed by atoms with Crippen LogP contribution >= 0.6 is 0 Å². The average Bonchev–Trinajstić information content (AvgIpc) is 2.75. The van der Waals surface area contributed by atoms with Crippen molar-refractivity contribution in [3.63, 3.8) is 0 Å². The van der Waals surface area contributed by atoms with Gasteiger partial charge in [-0.25, -0.2) is 8.78 Å². The molecule has 0 bridgehead atoms. The van der Waals surface area contributed by atoms with Crippen LogP contribution in [-0.4, -0.2) is 48.4 Å². The molecule has 0 spiro atoms. The molecular formula is C25H30F2N2O. The summed E-state index contributed by atoms with van der Waals surface area (Å²) in [6.07, 6.45) is 5.57. The minimum Gasteiger partial charge on any atom is -0.339 e. The summed E-state index contributed by atoms with van der Waals surface area (Å²) in [5.41, 5.74) is 1.54. The van der Waals surface area contributed by atoms with E-state index in [0.717, 1.165) is 56.6 Å². The van der Waals surface area contributed by atoms with Gasteiger partial charge in [-0.3, -0.25) is 4.79 Å². The van der Waals surface area contributed by atoms with Crippen LogP contribution in [0.3, 0.4) is 0 Å². The van der Waals surface area contributed by atoms with Crippen LogP contribution in [0.15, 0.2) is 48.5 Å². The average molecular weight is 413 g/mol. The summed E-state index contributed by atoms with van der Waals surface area (Å²) < 4.78 is 26.8. The Morgan fingerprint density at radius 2 is 1.43 bits per heavy atom. The number of halogens is 2. The van der Waals surface area contributed by atoms with Gasteiger partial charge in [0.1, 0.15) is 11.6 Å². The van der Waals surface area contributed by atoms with E-state index < -0.39 is 11.6 Å². The first-order valence-corrected chi connectivity index (χ1v) is 11.1. The second-order valence-corrected chi connectivity index (χ2v) is 8.83. The minimum atomic E-state index is -0.705. The second kappa shape index (κ2) is 9.69. The Hall–Kier alpha value is -2.27. The van der Waals surface area contributed by atoms with Gasteiger partial charge >= 0.3 is 0 Å². The monoisotopic (exact) mass is 412 g/mol. The highest BCUT2D eigenvalue weighted by Crippen LogP contribution is 2.25. The predicted molar refractivity (Wildman–Crippen MR) is 114 cm³/mol. The third-order valence-electron chi connectivity index (χ3n) is 6.60. The Morgan fingerprint density at radius 1 is 0.833 bits per heavy atom. The summed E-state index contributed by atoms with van der Waals surface area (Å²) in [4.78, 5) is 16.9. The lowest BCUT2D eigenvalue weighted by atomic mass is 9.89. The molecular weight excluding hydrogens is 382 g/mol. The number of piperidine rings is 2. The highest BCUT2D eigenvalue weighted by molar-refractivity contribution is 5.94. The standard InChI is InChI=1S/C25H30F2N2O/c26-23-15-22(16-24(27)17-23)25(30)29-12-8-21(9-13-29)18-28-10-6-20(7-11-28)14-19-4-2-1-3-5-19/h1-5,15-17,20-21H,6-14,18H2. The minimum absolute atomic E-state index is 0.103. The van der Waals surface area contributed by atoms with E-state index in [1.165, 1.54) is 24.8 Å². The van der Waals surface area contributed by atoms with Crippen molar-refractivity contribution in [2.45, 2.75) is 32.1 Å². The van der Waals surface area contributed by atoms with Gasteiger partial charge in [-0.1, -0.05) is 30.3 Å². The molecule has 3 nitrogen and oxygen atoms in total. The molecule has 2 aromatic rings. The molecule has 4 rings (SSSR count). The van der Waals surface area contributed by atoms with E-state index in [4.69, 9.17) is 0 Å². The van der Waals surface area contributed by atoms with Crippen LogP contribution in [-0.2, 0) is 6.42 Å². The number of likely N-dealkylation sites (tertiary alicyclic amines) is 2. The summed E-state index contributed by atoms with van der Waals surface area (Å²) in [6, 6.07) is 13.8. The molecule has 2 aliphatic heterocycles. The fourth-order valence-corrected chi connectivity index (χ4v) is 4.86. The highest BCUT2D eigenvalue weighted by Gasteiger charge is 2.27. The number of hydrogen-bond acceptors (Lipinski definition) is 2. The van der Waals surface area contributed by atoms with E-state index in [0.29, 0.717) is 19.0 Å². The SMILES string of the molecule is O=C(c1cc(F)cc(F)c1)N1CCC(CN2CCC(Cc3ccccc3)CC2)CC1. The molecule has 2 saturated heterocycles. The number of rotatable bonds is 5. The van der Waals surface area contributed by atoms with E-state index in [-0.39, 0.29) is 11.5 Å². The van der Waals surface area contributed by atoms with E-state index in [2.05, 4.69) is 35.2 Å². The Morgan fingerprint density at radius 3 is 2.07 bits per heavy atom. The Balaban J connectivity index is 1.20. The van der Waals surface area contributed by atoms with Crippen molar-refractivity contribution in [1.29, 1.82) is 0 Å². The van der Waals surface area contributed by atoms with Gasteiger partial charge in [0.15, 0.2) is 0 Å². The van der Waals surface area contributed by atoms with Crippen LogP contribution in [0.2, 0.25) is 0 Å². The van der Waals surface area contributed by atoms with Gasteiger partial charge in [-0.05, 0) is 74.7 Å². The lowest BCUT2D eigenvalue weighted by Gasteiger charge is -2.37. The first-order valence-electron chi connectivity index (χ1n) is 11.1. The summed E-state index contributed by atoms with van der Waals surface area (Å²) in [5, 5.41) is 0. The van der Waals surface area contributed by atoms with E-state index >= 15 is 0 Å². The zero-order chi connectivity index (χ0) is 20.9. The Bertz CT molecular complexity index is 821. The molecule has 160 valence electrons. The van der Waals surface area contributed by atoms with Crippen molar-refractivity contribution in [2.75, 3.05) is 32.7 Å². The first kappa shape index (κ1) is 21.0. The molecule has 0 N–H and O–H groups in total. The molecule has 2 heterocycles. The fourth-order valence-electron chi connectivity index (χ4n) is 4.86. The van der Waals surface area contributed by atoms with Crippen LogP contribution < -0.4 is 0 Å². The van der Waals surface area contributed by atoms with Gasteiger partial charge in [0.2, 0.25) is 0 Å². The molecule has 5 heteroatoms. The van der Waals surface area contributed by atoms with E-state index in [9.17, 15) is 13.6 Å².